The quantitative estimate of drug-likeness (QED) is 0.640. The van der Waals surface area contributed by atoms with E-state index in [2.05, 4.69) is 0 Å². The van der Waals surface area contributed by atoms with Crippen LogP contribution in [-0.2, 0) is 0 Å². The summed E-state index contributed by atoms with van der Waals surface area (Å²) in [6, 6.07) is 1.30. The van der Waals surface area contributed by atoms with Crippen LogP contribution in [0.1, 0.15) is 23.7 Å². The third kappa shape index (κ3) is 1.97. The molecule has 1 aromatic rings. The lowest BCUT2D eigenvalue weighted by Gasteiger charge is -2.07. The van der Waals surface area contributed by atoms with Crippen molar-refractivity contribution in [2.75, 3.05) is 0 Å². The molecule has 76 valence electrons. The Hall–Kier alpha value is -0.440. The molecule has 0 saturated heterocycles. The standard InChI is InChI=1S/C9H7Cl3O2/c1-2-6(13)7-8(12)4(10)3-5(11)9(7)14/h3,14H,2H2,1H3. The third-order valence-corrected chi connectivity index (χ3v) is 2.82. The summed E-state index contributed by atoms with van der Waals surface area (Å²) < 4.78 is 0. The van der Waals surface area contributed by atoms with Crippen LogP contribution < -0.4 is 0 Å². The normalized spacial score (nSPS) is 10.3. The highest BCUT2D eigenvalue weighted by atomic mass is 35.5. The Bertz CT molecular complexity index is 362. The number of rotatable bonds is 2. The number of aromatic hydroxyl groups is 1. The van der Waals surface area contributed by atoms with E-state index in [4.69, 9.17) is 34.8 Å². The van der Waals surface area contributed by atoms with Crippen LogP contribution in [0.15, 0.2) is 6.07 Å². The second-order valence-corrected chi connectivity index (χ2v) is 3.85. The van der Waals surface area contributed by atoms with Gasteiger partial charge in [-0.15, -0.1) is 0 Å². The summed E-state index contributed by atoms with van der Waals surface area (Å²) in [5.41, 5.74) is -0.00772. The molecule has 5 heteroatoms. The lowest BCUT2D eigenvalue weighted by molar-refractivity contribution is 0.0986. The van der Waals surface area contributed by atoms with Crippen LogP contribution in [0.2, 0.25) is 15.1 Å². The van der Waals surface area contributed by atoms with Crippen LogP contribution in [0.25, 0.3) is 0 Å². The summed E-state index contributed by atoms with van der Waals surface area (Å²) in [5.74, 6) is -0.607. The van der Waals surface area contributed by atoms with E-state index in [9.17, 15) is 9.90 Å². The van der Waals surface area contributed by atoms with E-state index >= 15 is 0 Å². The summed E-state index contributed by atoms with van der Waals surface area (Å²) in [4.78, 5) is 11.4. The summed E-state index contributed by atoms with van der Waals surface area (Å²) >= 11 is 17.1. The van der Waals surface area contributed by atoms with Gasteiger partial charge < -0.3 is 5.11 Å². The van der Waals surface area contributed by atoms with Crippen molar-refractivity contribution < 1.29 is 9.90 Å². The smallest absolute Gasteiger partial charge is 0.167 e. The van der Waals surface area contributed by atoms with Crippen LogP contribution >= 0.6 is 34.8 Å². The Labute approximate surface area is 96.4 Å². The lowest BCUT2D eigenvalue weighted by Crippen LogP contribution is -1.99. The SMILES string of the molecule is CCC(=O)c1c(O)c(Cl)cc(Cl)c1Cl. The topological polar surface area (TPSA) is 37.3 Å². The fraction of sp³-hybridized carbons (Fsp3) is 0.222. The molecule has 0 unspecified atom stereocenters. The largest absolute Gasteiger partial charge is 0.506 e. The fourth-order valence-electron chi connectivity index (χ4n) is 1.02. The summed E-state index contributed by atoms with van der Waals surface area (Å²) in [6.07, 6.45) is 0.226. The van der Waals surface area contributed by atoms with Crippen molar-refractivity contribution >= 4 is 40.6 Å². The number of carbonyl (C=O) groups excluding carboxylic acids is 1. The number of Topliss-reactive ketones (excluding diaryl/α,β-unsaturated/α-hetero) is 1. The van der Waals surface area contributed by atoms with Crippen molar-refractivity contribution in [2.24, 2.45) is 0 Å². The molecule has 0 aromatic heterocycles. The molecule has 2 nitrogen and oxygen atoms in total. The van der Waals surface area contributed by atoms with Crippen LogP contribution in [0.4, 0.5) is 0 Å². The van der Waals surface area contributed by atoms with Gasteiger partial charge in [-0.1, -0.05) is 41.7 Å². The van der Waals surface area contributed by atoms with Crippen molar-refractivity contribution in [3.63, 3.8) is 0 Å². The van der Waals surface area contributed by atoms with Gasteiger partial charge in [-0.2, -0.15) is 0 Å². The van der Waals surface area contributed by atoms with Gasteiger partial charge in [-0.25, -0.2) is 0 Å². The number of halogens is 3. The summed E-state index contributed by atoms with van der Waals surface area (Å²) in [5, 5.41) is 9.73. The zero-order valence-corrected chi connectivity index (χ0v) is 9.54. The van der Waals surface area contributed by atoms with Crippen molar-refractivity contribution in [1.82, 2.24) is 0 Å². The second-order valence-electron chi connectivity index (χ2n) is 2.65. The van der Waals surface area contributed by atoms with Gasteiger partial charge in [0.15, 0.2) is 5.78 Å². The first-order chi connectivity index (χ1) is 6.49. The highest BCUT2D eigenvalue weighted by Gasteiger charge is 2.19. The maximum Gasteiger partial charge on any atom is 0.167 e. The van der Waals surface area contributed by atoms with Crippen molar-refractivity contribution in [3.8, 4) is 5.75 Å². The predicted molar refractivity (Wildman–Crippen MR) is 57.8 cm³/mol. The van der Waals surface area contributed by atoms with Crippen molar-refractivity contribution in [3.05, 3.63) is 26.7 Å². The van der Waals surface area contributed by atoms with Crippen LogP contribution in [0, 0.1) is 0 Å². The van der Waals surface area contributed by atoms with Gasteiger partial charge in [-0.05, 0) is 6.07 Å². The zero-order valence-electron chi connectivity index (χ0n) is 7.27. The van der Waals surface area contributed by atoms with E-state index in [1.807, 2.05) is 0 Å². The van der Waals surface area contributed by atoms with Gasteiger partial charge in [0.05, 0.1) is 20.6 Å². The fourth-order valence-corrected chi connectivity index (χ4v) is 1.73. The third-order valence-electron chi connectivity index (χ3n) is 1.75. The molecule has 14 heavy (non-hydrogen) atoms. The lowest BCUT2D eigenvalue weighted by atomic mass is 10.1. The molecule has 0 aliphatic carbocycles. The highest BCUT2D eigenvalue weighted by molar-refractivity contribution is 6.45. The summed E-state index contributed by atoms with van der Waals surface area (Å²) in [6.45, 7) is 1.66. The zero-order chi connectivity index (χ0) is 10.9. The van der Waals surface area contributed by atoms with Crippen LogP contribution in [0.5, 0.6) is 5.75 Å². The van der Waals surface area contributed by atoms with E-state index in [1.54, 1.807) is 6.92 Å². The minimum Gasteiger partial charge on any atom is -0.506 e. The van der Waals surface area contributed by atoms with Crippen molar-refractivity contribution in [2.45, 2.75) is 13.3 Å². The molecule has 0 spiro atoms. The van der Waals surface area contributed by atoms with Gasteiger partial charge in [0.25, 0.3) is 0 Å². The van der Waals surface area contributed by atoms with Gasteiger partial charge in [-0.3, -0.25) is 4.79 Å². The molecule has 0 heterocycles. The molecule has 1 N–H and O–H groups in total. The minimum atomic E-state index is -0.312. The molecule has 0 amide bonds. The number of ketones is 1. The molecule has 1 rings (SSSR count). The molecule has 0 saturated carbocycles. The first-order valence-electron chi connectivity index (χ1n) is 3.88. The maximum absolute atomic E-state index is 11.4. The van der Waals surface area contributed by atoms with Crippen molar-refractivity contribution in [1.29, 1.82) is 0 Å². The Morgan fingerprint density at radius 3 is 2.43 bits per heavy atom. The Kier molecular flexibility index (Phi) is 3.65. The molecule has 0 aliphatic heterocycles. The minimum absolute atomic E-state index is 0.00772. The maximum atomic E-state index is 11.4. The molecular weight excluding hydrogens is 246 g/mol. The second kappa shape index (κ2) is 4.39. The Morgan fingerprint density at radius 2 is 1.93 bits per heavy atom. The number of phenols is 1. The predicted octanol–water partition coefficient (Wildman–Crippen LogP) is 3.95. The molecular formula is C9H7Cl3O2. The highest BCUT2D eigenvalue weighted by Crippen LogP contribution is 2.38. The van der Waals surface area contributed by atoms with Gasteiger partial charge in [0, 0.05) is 6.42 Å². The van der Waals surface area contributed by atoms with Crippen LogP contribution in [0.3, 0.4) is 0 Å². The number of phenolic OH excluding ortho intramolecular Hbond substituents is 1. The number of hydrogen-bond donors (Lipinski definition) is 1. The Morgan fingerprint density at radius 1 is 1.36 bits per heavy atom. The van der Waals surface area contributed by atoms with E-state index in [1.165, 1.54) is 6.07 Å². The Balaban J connectivity index is 3.47. The monoisotopic (exact) mass is 252 g/mol. The van der Waals surface area contributed by atoms with Crippen LogP contribution in [-0.4, -0.2) is 10.9 Å². The first-order valence-corrected chi connectivity index (χ1v) is 5.02. The number of carbonyl (C=O) groups is 1. The van der Waals surface area contributed by atoms with E-state index < -0.39 is 0 Å². The van der Waals surface area contributed by atoms with E-state index in [0.717, 1.165) is 0 Å². The average molecular weight is 254 g/mol. The molecule has 1 aromatic carbocycles. The molecule has 0 bridgehead atoms. The average Bonchev–Trinajstić information content (AvgIpc) is 2.15. The van der Waals surface area contributed by atoms with Gasteiger partial charge >= 0.3 is 0 Å². The van der Waals surface area contributed by atoms with Gasteiger partial charge in [0.1, 0.15) is 5.75 Å². The number of benzene rings is 1. The summed E-state index contributed by atoms with van der Waals surface area (Å²) in [7, 11) is 0. The first kappa shape index (κ1) is 11.6. The number of hydrogen-bond acceptors (Lipinski definition) is 2. The van der Waals surface area contributed by atoms with Gasteiger partial charge in [0.2, 0.25) is 0 Å². The van der Waals surface area contributed by atoms with E-state index in [0.29, 0.717) is 0 Å². The molecule has 0 atom stereocenters. The molecule has 0 radical (unpaired) electrons. The van der Waals surface area contributed by atoms with E-state index in [-0.39, 0.29) is 38.6 Å². The molecule has 0 fully saturated rings. The molecule has 0 aliphatic rings.